The van der Waals surface area contributed by atoms with Crippen molar-refractivity contribution >= 4 is 21.8 Å². The first-order valence-corrected chi connectivity index (χ1v) is 11.8. The van der Waals surface area contributed by atoms with Crippen molar-refractivity contribution in [1.82, 2.24) is 15.5 Å². The molecule has 172 valence electrons. The van der Waals surface area contributed by atoms with Crippen molar-refractivity contribution in [3.63, 3.8) is 0 Å². The van der Waals surface area contributed by atoms with Gasteiger partial charge in [0.15, 0.2) is 11.5 Å². The highest BCUT2D eigenvalue weighted by molar-refractivity contribution is 9.10. The lowest BCUT2D eigenvalue weighted by Gasteiger charge is -2.46. The van der Waals surface area contributed by atoms with Crippen molar-refractivity contribution in [3.8, 4) is 17.2 Å². The number of amides is 1. The van der Waals surface area contributed by atoms with E-state index in [2.05, 4.69) is 66.2 Å². The second-order valence-electron chi connectivity index (χ2n) is 10.3. The predicted octanol–water partition coefficient (Wildman–Crippen LogP) is 3.53. The van der Waals surface area contributed by atoms with Gasteiger partial charge in [0.1, 0.15) is 0 Å². The largest absolute Gasteiger partial charge is 0.492 e. The maximum absolute atomic E-state index is 13.2. The fraction of sp³-hybridized carbons (Fsp3) is 0.696. The van der Waals surface area contributed by atoms with Gasteiger partial charge in [-0.2, -0.15) is 0 Å². The van der Waals surface area contributed by atoms with E-state index < -0.39 is 0 Å². The van der Waals surface area contributed by atoms with Crippen molar-refractivity contribution in [2.24, 2.45) is 0 Å². The van der Waals surface area contributed by atoms with E-state index in [9.17, 15) is 4.79 Å². The number of likely N-dealkylation sites (N-methyl/N-ethyl adjacent to an activating group) is 1. The van der Waals surface area contributed by atoms with Crippen LogP contribution in [-0.4, -0.2) is 55.4 Å². The number of piperidine rings is 1. The summed E-state index contributed by atoms with van der Waals surface area (Å²) in [5, 5.41) is 6.99. The van der Waals surface area contributed by atoms with E-state index in [4.69, 9.17) is 14.2 Å². The molecule has 0 spiro atoms. The van der Waals surface area contributed by atoms with Crippen LogP contribution in [0.4, 0.5) is 0 Å². The molecule has 0 saturated carbocycles. The Hall–Kier alpha value is -1.51. The molecule has 1 amide bonds. The van der Waals surface area contributed by atoms with Crippen molar-refractivity contribution in [2.75, 3.05) is 27.5 Å². The van der Waals surface area contributed by atoms with Crippen LogP contribution >= 0.6 is 15.9 Å². The Balaban J connectivity index is 1.59. The molecule has 0 radical (unpaired) electrons. The van der Waals surface area contributed by atoms with Gasteiger partial charge in [-0.15, -0.1) is 0 Å². The van der Waals surface area contributed by atoms with Crippen LogP contribution in [0.25, 0.3) is 0 Å². The van der Waals surface area contributed by atoms with Gasteiger partial charge in [0, 0.05) is 41.7 Å². The normalized spacial score (nSPS) is 24.5. The van der Waals surface area contributed by atoms with Crippen LogP contribution in [0.1, 0.15) is 64.1 Å². The van der Waals surface area contributed by atoms with Gasteiger partial charge in [0.2, 0.25) is 18.4 Å². The first-order valence-electron chi connectivity index (χ1n) is 11.0. The zero-order valence-corrected chi connectivity index (χ0v) is 20.9. The zero-order valence-electron chi connectivity index (χ0n) is 19.4. The molecule has 1 aromatic rings. The van der Waals surface area contributed by atoms with Gasteiger partial charge in [-0.3, -0.25) is 9.69 Å². The number of halogens is 1. The van der Waals surface area contributed by atoms with Crippen LogP contribution in [0.5, 0.6) is 17.2 Å². The molecule has 1 aromatic carbocycles. The maximum Gasteiger partial charge on any atom is 0.231 e. The quantitative estimate of drug-likeness (QED) is 0.665. The highest BCUT2D eigenvalue weighted by Crippen LogP contribution is 2.54. The summed E-state index contributed by atoms with van der Waals surface area (Å²) in [7, 11) is 3.71. The molecule has 31 heavy (non-hydrogen) atoms. The first kappa shape index (κ1) is 22.7. The van der Waals surface area contributed by atoms with Gasteiger partial charge >= 0.3 is 0 Å². The standard InChI is InChI=1S/C23H34BrN3O4/c1-22(2)10-13(11-23(3,4)26-22)25-16(28)9-15-17-14(7-8-27(15)5)18(24)20-21(19(17)29-6)31-12-30-20/h13,15,26H,7-12H2,1-6H3,(H,25,28). The Morgan fingerprint density at radius 2 is 1.87 bits per heavy atom. The van der Waals surface area contributed by atoms with Crippen LogP contribution in [0.15, 0.2) is 4.47 Å². The molecule has 1 atom stereocenters. The molecular weight excluding hydrogens is 462 g/mol. The molecule has 2 N–H and O–H groups in total. The lowest BCUT2D eigenvalue weighted by atomic mass is 9.79. The molecule has 0 bridgehead atoms. The number of carbonyl (C=O) groups excluding carboxylic acids is 1. The lowest BCUT2D eigenvalue weighted by molar-refractivity contribution is -0.123. The van der Waals surface area contributed by atoms with Crippen LogP contribution in [0.3, 0.4) is 0 Å². The molecule has 7 nitrogen and oxygen atoms in total. The zero-order chi connectivity index (χ0) is 22.6. The van der Waals surface area contributed by atoms with E-state index in [0.29, 0.717) is 23.7 Å². The second kappa shape index (κ2) is 8.12. The van der Waals surface area contributed by atoms with Gasteiger partial charge < -0.3 is 24.8 Å². The molecule has 0 aromatic heterocycles. The summed E-state index contributed by atoms with van der Waals surface area (Å²) in [6, 6.07) is 0.0599. The molecular formula is C23H34BrN3O4. The van der Waals surface area contributed by atoms with Crippen molar-refractivity contribution in [2.45, 2.75) is 76.5 Å². The summed E-state index contributed by atoms with van der Waals surface area (Å²) >= 11 is 3.71. The van der Waals surface area contributed by atoms with Gasteiger partial charge in [-0.05, 0) is 75.5 Å². The summed E-state index contributed by atoms with van der Waals surface area (Å²) < 4.78 is 18.1. The smallest absolute Gasteiger partial charge is 0.231 e. The second-order valence-corrected chi connectivity index (χ2v) is 11.1. The fourth-order valence-electron chi connectivity index (χ4n) is 5.73. The summed E-state index contributed by atoms with van der Waals surface area (Å²) in [5.41, 5.74) is 2.13. The Morgan fingerprint density at radius 1 is 1.23 bits per heavy atom. The van der Waals surface area contributed by atoms with Gasteiger partial charge in [0.05, 0.1) is 11.6 Å². The van der Waals surface area contributed by atoms with E-state index in [1.165, 1.54) is 0 Å². The van der Waals surface area contributed by atoms with E-state index in [1.54, 1.807) is 7.11 Å². The summed E-state index contributed by atoms with van der Waals surface area (Å²) in [6.07, 6.45) is 3.05. The SMILES string of the molecule is COc1c2c(c(Br)c3c1C(CC(=O)NC1CC(C)(C)NC(C)(C)C1)N(C)CC3)OCO2. The highest BCUT2D eigenvalue weighted by atomic mass is 79.9. The average Bonchev–Trinajstić information content (AvgIpc) is 3.11. The lowest BCUT2D eigenvalue weighted by Crippen LogP contribution is -2.62. The number of fused-ring (bicyclic) bond motifs is 2. The monoisotopic (exact) mass is 495 g/mol. The van der Waals surface area contributed by atoms with Crippen molar-refractivity contribution in [1.29, 1.82) is 0 Å². The first-order chi connectivity index (χ1) is 14.5. The number of nitrogens with zero attached hydrogens (tertiary/aromatic N) is 1. The van der Waals surface area contributed by atoms with Crippen LogP contribution in [0.2, 0.25) is 0 Å². The summed E-state index contributed by atoms with van der Waals surface area (Å²) in [4.78, 5) is 15.4. The Kier molecular flexibility index (Phi) is 5.94. The molecule has 1 unspecified atom stereocenters. The molecule has 3 aliphatic heterocycles. The summed E-state index contributed by atoms with van der Waals surface area (Å²) in [5.74, 6) is 2.07. The molecule has 3 aliphatic rings. The van der Waals surface area contributed by atoms with E-state index >= 15 is 0 Å². The maximum atomic E-state index is 13.2. The Morgan fingerprint density at radius 3 is 2.52 bits per heavy atom. The molecule has 1 fully saturated rings. The fourth-order valence-corrected chi connectivity index (χ4v) is 6.44. The summed E-state index contributed by atoms with van der Waals surface area (Å²) in [6.45, 7) is 9.83. The Labute approximate surface area is 193 Å². The van der Waals surface area contributed by atoms with Crippen LogP contribution in [0, 0.1) is 0 Å². The third kappa shape index (κ3) is 4.39. The highest BCUT2D eigenvalue weighted by Gasteiger charge is 2.40. The number of methoxy groups -OCH3 is 1. The third-order valence-corrected chi connectivity index (χ3v) is 7.41. The van der Waals surface area contributed by atoms with Gasteiger partial charge in [-0.25, -0.2) is 0 Å². The number of carbonyl (C=O) groups is 1. The van der Waals surface area contributed by atoms with E-state index in [-0.39, 0.29) is 35.9 Å². The number of ether oxygens (including phenoxy) is 3. The molecule has 3 heterocycles. The third-order valence-electron chi connectivity index (χ3n) is 6.57. The van der Waals surface area contributed by atoms with Crippen molar-refractivity contribution < 1.29 is 19.0 Å². The Bertz CT molecular complexity index is 870. The van der Waals surface area contributed by atoms with Gasteiger partial charge in [0.25, 0.3) is 0 Å². The number of hydrogen-bond acceptors (Lipinski definition) is 6. The molecule has 1 saturated heterocycles. The molecule has 0 aliphatic carbocycles. The van der Waals surface area contributed by atoms with Gasteiger partial charge in [-0.1, -0.05) is 0 Å². The average molecular weight is 496 g/mol. The predicted molar refractivity (Wildman–Crippen MR) is 123 cm³/mol. The number of hydrogen-bond donors (Lipinski definition) is 2. The van der Waals surface area contributed by atoms with E-state index in [0.717, 1.165) is 41.4 Å². The molecule has 4 rings (SSSR count). The number of benzene rings is 1. The minimum atomic E-state index is -0.0905. The topological polar surface area (TPSA) is 72.1 Å². The van der Waals surface area contributed by atoms with E-state index in [1.807, 2.05) is 0 Å². The van der Waals surface area contributed by atoms with Crippen LogP contribution in [-0.2, 0) is 11.2 Å². The number of nitrogens with one attached hydrogen (secondary N) is 2. The minimum absolute atomic E-state index is 0.0140. The van der Waals surface area contributed by atoms with Crippen molar-refractivity contribution in [3.05, 3.63) is 15.6 Å². The number of rotatable bonds is 4. The minimum Gasteiger partial charge on any atom is -0.492 e. The van der Waals surface area contributed by atoms with Crippen LogP contribution < -0.4 is 24.8 Å². The molecule has 8 heteroatoms.